The Bertz CT molecular complexity index is 1590. The zero-order valence-electron chi connectivity index (χ0n) is 18.9. The molecule has 0 saturated carbocycles. The number of benzene rings is 4. The second kappa shape index (κ2) is 9.05. The second-order valence-electron chi connectivity index (χ2n) is 8.08. The molecule has 0 aliphatic carbocycles. The molecule has 5 rings (SSSR count). The Kier molecular flexibility index (Phi) is 5.64. The van der Waals surface area contributed by atoms with Gasteiger partial charge in [-0.2, -0.15) is 5.26 Å². The molecule has 0 aliphatic heterocycles. The van der Waals surface area contributed by atoms with Gasteiger partial charge < -0.3 is 4.57 Å². The molecule has 0 unspecified atom stereocenters. The maximum Gasteiger partial charge on any atom is 0.0950 e. The summed E-state index contributed by atoms with van der Waals surface area (Å²) in [4.78, 5) is 3.87. The van der Waals surface area contributed by atoms with Crippen LogP contribution in [0.15, 0.2) is 120 Å². The van der Waals surface area contributed by atoms with Crippen molar-refractivity contribution in [2.24, 2.45) is 4.99 Å². The van der Waals surface area contributed by atoms with E-state index >= 15 is 0 Å². The molecule has 5 aromatic rings. The van der Waals surface area contributed by atoms with Crippen molar-refractivity contribution in [3.05, 3.63) is 120 Å². The van der Waals surface area contributed by atoms with Crippen molar-refractivity contribution in [3.8, 4) is 22.9 Å². The number of aromatic nitrogens is 1. The fourth-order valence-electron chi connectivity index (χ4n) is 4.64. The molecule has 4 aromatic carbocycles. The minimum absolute atomic E-state index is 0.627. The number of allylic oxidation sites excluding steroid dienone is 3. The highest BCUT2D eigenvalue weighted by molar-refractivity contribution is 6.09. The van der Waals surface area contributed by atoms with Crippen LogP contribution in [0.1, 0.15) is 12.5 Å². The van der Waals surface area contributed by atoms with Crippen LogP contribution in [-0.4, -0.2) is 11.3 Å². The maximum absolute atomic E-state index is 9.68. The summed E-state index contributed by atoms with van der Waals surface area (Å²) in [5, 5.41) is 12.1. The van der Waals surface area contributed by atoms with Gasteiger partial charge in [-0.15, -0.1) is 0 Å². The molecule has 1 heterocycles. The molecule has 0 amide bonds. The van der Waals surface area contributed by atoms with Gasteiger partial charge >= 0.3 is 0 Å². The molecule has 0 radical (unpaired) electrons. The summed E-state index contributed by atoms with van der Waals surface area (Å²) in [6.45, 7) is 5.38. The minimum Gasteiger partial charge on any atom is -0.309 e. The smallest absolute Gasteiger partial charge is 0.0950 e. The molecular weight excluding hydrogens is 414 g/mol. The third kappa shape index (κ3) is 3.52. The van der Waals surface area contributed by atoms with Crippen molar-refractivity contribution in [1.29, 1.82) is 5.26 Å². The molecule has 34 heavy (non-hydrogen) atoms. The lowest BCUT2D eigenvalue weighted by atomic mass is 9.91. The first kappa shape index (κ1) is 21.2. The first-order valence-electron chi connectivity index (χ1n) is 11.2. The average Bonchev–Trinajstić information content (AvgIpc) is 3.23. The van der Waals surface area contributed by atoms with Crippen LogP contribution < -0.4 is 0 Å². The first-order valence-corrected chi connectivity index (χ1v) is 11.2. The molecule has 0 fully saturated rings. The van der Waals surface area contributed by atoms with Gasteiger partial charge in [0, 0.05) is 28.1 Å². The van der Waals surface area contributed by atoms with Crippen molar-refractivity contribution in [3.63, 3.8) is 0 Å². The van der Waals surface area contributed by atoms with Gasteiger partial charge in [-0.3, -0.25) is 4.99 Å². The molecule has 0 aliphatic rings. The van der Waals surface area contributed by atoms with Crippen LogP contribution >= 0.6 is 0 Å². The van der Waals surface area contributed by atoms with Gasteiger partial charge in [0.05, 0.1) is 22.8 Å². The standard InChI is InChI=1S/C31H23N3/c1-22(21-32)23(19-20-33-2)24-11-3-4-12-25(24)26-13-5-8-16-29(26)34-30-17-9-6-14-27(30)28-15-7-10-18-31(28)34/h3-20H,2H2,1H3/b20-19-,23-22-. The molecular formula is C31H23N3. The number of nitrogens with zero attached hydrogens (tertiary/aromatic N) is 3. The molecule has 1 aromatic heterocycles. The Morgan fingerprint density at radius 2 is 1.35 bits per heavy atom. The van der Waals surface area contributed by atoms with Crippen LogP contribution in [0.25, 0.3) is 44.2 Å². The number of hydrogen-bond donors (Lipinski definition) is 0. The minimum atomic E-state index is 0.627. The Balaban J connectivity index is 1.84. The molecule has 3 nitrogen and oxygen atoms in total. The highest BCUT2D eigenvalue weighted by Gasteiger charge is 2.17. The van der Waals surface area contributed by atoms with Crippen molar-refractivity contribution >= 4 is 34.1 Å². The monoisotopic (exact) mass is 437 g/mol. The van der Waals surface area contributed by atoms with Crippen LogP contribution in [0.4, 0.5) is 0 Å². The van der Waals surface area contributed by atoms with E-state index in [1.54, 1.807) is 6.20 Å². The predicted molar refractivity (Wildman–Crippen MR) is 143 cm³/mol. The van der Waals surface area contributed by atoms with E-state index in [4.69, 9.17) is 0 Å². The lowest BCUT2D eigenvalue weighted by Gasteiger charge is -2.17. The molecule has 3 heteroatoms. The van der Waals surface area contributed by atoms with Crippen molar-refractivity contribution in [2.45, 2.75) is 6.92 Å². The number of fused-ring (bicyclic) bond motifs is 3. The Morgan fingerprint density at radius 3 is 2.00 bits per heavy atom. The molecule has 0 N–H and O–H groups in total. The molecule has 0 atom stereocenters. The van der Waals surface area contributed by atoms with Gasteiger partial charge in [-0.1, -0.05) is 78.9 Å². The van der Waals surface area contributed by atoms with Gasteiger partial charge in [-0.05, 0) is 54.6 Å². The second-order valence-corrected chi connectivity index (χ2v) is 8.08. The predicted octanol–water partition coefficient (Wildman–Crippen LogP) is 7.96. The van der Waals surface area contributed by atoms with Crippen LogP contribution in [0.3, 0.4) is 0 Å². The van der Waals surface area contributed by atoms with Crippen LogP contribution in [0.5, 0.6) is 0 Å². The summed E-state index contributed by atoms with van der Waals surface area (Å²) < 4.78 is 2.33. The van der Waals surface area contributed by atoms with Crippen LogP contribution in [0.2, 0.25) is 0 Å². The summed E-state index contributed by atoms with van der Waals surface area (Å²) in [6.07, 6.45) is 3.49. The topological polar surface area (TPSA) is 41.1 Å². The number of aliphatic imine (C=N–C) groups is 1. The van der Waals surface area contributed by atoms with Crippen molar-refractivity contribution < 1.29 is 0 Å². The Labute approximate surface area is 199 Å². The van der Waals surface area contributed by atoms with Gasteiger partial charge in [0.15, 0.2) is 0 Å². The number of hydrogen-bond acceptors (Lipinski definition) is 2. The van der Waals surface area contributed by atoms with E-state index in [1.165, 1.54) is 10.8 Å². The lowest BCUT2D eigenvalue weighted by Crippen LogP contribution is -1.99. The number of para-hydroxylation sites is 3. The van der Waals surface area contributed by atoms with E-state index in [1.807, 2.05) is 25.1 Å². The van der Waals surface area contributed by atoms with Gasteiger partial charge in [0.1, 0.15) is 0 Å². The molecule has 0 saturated heterocycles. The fourth-order valence-corrected chi connectivity index (χ4v) is 4.64. The average molecular weight is 438 g/mol. The quantitative estimate of drug-likeness (QED) is 0.156. The molecule has 0 bridgehead atoms. The maximum atomic E-state index is 9.68. The third-order valence-electron chi connectivity index (χ3n) is 6.15. The summed E-state index contributed by atoms with van der Waals surface area (Å²) in [5.74, 6) is 0. The van der Waals surface area contributed by atoms with Gasteiger partial charge in [0.25, 0.3) is 0 Å². The van der Waals surface area contributed by atoms with Crippen LogP contribution in [0, 0.1) is 11.3 Å². The third-order valence-corrected chi connectivity index (χ3v) is 6.15. The van der Waals surface area contributed by atoms with E-state index in [9.17, 15) is 5.26 Å². The van der Waals surface area contributed by atoms with Gasteiger partial charge in [-0.25, -0.2) is 0 Å². The molecule has 162 valence electrons. The zero-order chi connectivity index (χ0) is 23.5. The first-order chi connectivity index (χ1) is 16.7. The van der Waals surface area contributed by atoms with Crippen LogP contribution in [-0.2, 0) is 0 Å². The van der Waals surface area contributed by atoms with Crippen molar-refractivity contribution in [2.75, 3.05) is 0 Å². The summed E-state index contributed by atoms with van der Waals surface area (Å²) in [6, 6.07) is 36.0. The summed E-state index contributed by atoms with van der Waals surface area (Å²) >= 11 is 0. The normalized spacial score (nSPS) is 12.1. The summed E-state index contributed by atoms with van der Waals surface area (Å²) in [7, 11) is 0. The Hall–Kier alpha value is -4.68. The Morgan fingerprint density at radius 1 is 0.794 bits per heavy atom. The fraction of sp³-hybridized carbons (Fsp3) is 0.0323. The highest BCUT2D eigenvalue weighted by Crippen LogP contribution is 2.38. The van der Waals surface area contributed by atoms with E-state index in [-0.39, 0.29) is 0 Å². The zero-order valence-corrected chi connectivity index (χ0v) is 18.9. The van der Waals surface area contributed by atoms with Crippen molar-refractivity contribution in [1.82, 2.24) is 4.57 Å². The largest absolute Gasteiger partial charge is 0.309 e. The van der Waals surface area contributed by atoms with E-state index in [0.717, 1.165) is 39.0 Å². The SMILES string of the molecule is C=N/C=C\C(=C(/C)C#N)c1ccccc1-c1ccccc1-n1c2ccccc2c2ccccc21. The summed E-state index contributed by atoms with van der Waals surface area (Å²) in [5.41, 5.74) is 8.00. The van der Waals surface area contributed by atoms with E-state index in [0.29, 0.717) is 5.57 Å². The van der Waals surface area contributed by atoms with Gasteiger partial charge in [0.2, 0.25) is 0 Å². The number of nitriles is 1. The number of rotatable bonds is 5. The van der Waals surface area contributed by atoms with E-state index < -0.39 is 0 Å². The van der Waals surface area contributed by atoms with E-state index in [2.05, 4.69) is 107 Å². The highest BCUT2D eigenvalue weighted by atomic mass is 15.0. The molecule has 0 spiro atoms. The lowest BCUT2D eigenvalue weighted by molar-refractivity contribution is 1.18.